The van der Waals surface area contributed by atoms with Gasteiger partial charge >= 0.3 is 0 Å². The molecule has 12 heavy (non-hydrogen) atoms. The Morgan fingerprint density at radius 1 is 1.42 bits per heavy atom. The lowest BCUT2D eigenvalue weighted by atomic mass is 10.2. The summed E-state index contributed by atoms with van der Waals surface area (Å²) in [4.78, 5) is 2.39. The van der Waals surface area contributed by atoms with Gasteiger partial charge in [-0.3, -0.25) is 0 Å². The van der Waals surface area contributed by atoms with Crippen LogP contribution >= 0.6 is 0 Å². The molecule has 0 aromatic rings. The minimum atomic E-state index is 0.0173. The Balaban J connectivity index is 2.23. The van der Waals surface area contributed by atoms with E-state index in [9.17, 15) is 0 Å². The summed E-state index contributed by atoms with van der Waals surface area (Å²) >= 11 is 0. The Morgan fingerprint density at radius 3 is 2.50 bits per heavy atom. The van der Waals surface area contributed by atoms with Crippen molar-refractivity contribution < 1.29 is 4.74 Å². The van der Waals surface area contributed by atoms with Gasteiger partial charge in [0.05, 0.1) is 12.2 Å². The van der Waals surface area contributed by atoms with Crippen molar-refractivity contribution in [3.8, 4) is 0 Å². The van der Waals surface area contributed by atoms with Gasteiger partial charge < -0.3 is 9.64 Å². The van der Waals surface area contributed by atoms with Crippen molar-refractivity contribution in [3.63, 3.8) is 0 Å². The van der Waals surface area contributed by atoms with Gasteiger partial charge in [0.1, 0.15) is 0 Å². The van der Waals surface area contributed by atoms with Crippen LogP contribution in [-0.4, -0.2) is 36.7 Å². The molecule has 1 heterocycles. The Morgan fingerprint density at radius 2 is 2.08 bits per heavy atom. The fraction of sp³-hybridized carbons (Fsp3) is 1.00. The van der Waals surface area contributed by atoms with Gasteiger partial charge in [0.15, 0.2) is 0 Å². The zero-order valence-corrected chi connectivity index (χ0v) is 8.76. The molecule has 1 aliphatic rings. The van der Waals surface area contributed by atoms with Gasteiger partial charge in [-0.2, -0.15) is 0 Å². The van der Waals surface area contributed by atoms with Crippen molar-refractivity contribution in [1.82, 2.24) is 4.90 Å². The van der Waals surface area contributed by atoms with Gasteiger partial charge in [0.25, 0.3) is 0 Å². The third-order valence-corrected chi connectivity index (χ3v) is 2.38. The molecule has 1 unspecified atom stereocenters. The molecular weight excluding hydrogens is 150 g/mol. The number of ether oxygens (including phenoxy) is 1. The zero-order chi connectivity index (χ0) is 9.19. The van der Waals surface area contributed by atoms with Crippen LogP contribution in [0.3, 0.4) is 0 Å². The van der Waals surface area contributed by atoms with E-state index in [4.69, 9.17) is 4.74 Å². The van der Waals surface area contributed by atoms with E-state index in [2.05, 4.69) is 32.7 Å². The normalized spacial score (nSPS) is 26.5. The smallest absolute Gasteiger partial charge is 0.0628 e. The van der Waals surface area contributed by atoms with Crippen LogP contribution in [0.5, 0.6) is 0 Å². The van der Waals surface area contributed by atoms with Crippen molar-refractivity contribution >= 4 is 0 Å². The number of likely N-dealkylation sites (tertiary alicyclic amines) is 1. The summed E-state index contributed by atoms with van der Waals surface area (Å²) in [5.74, 6) is 0. The Kier molecular flexibility index (Phi) is 3.13. The Hall–Kier alpha value is -0.0800. The van der Waals surface area contributed by atoms with E-state index in [0.717, 1.165) is 6.61 Å². The second kappa shape index (κ2) is 3.75. The summed E-state index contributed by atoms with van der Waals surface area (Å²) in [5, 5.41) is 0. The van der Waals surface area contributed by atoms with Crippen LogP contribution in [0.2, 0.25) is 0 Å². The zero-order valence-electron chi connectivity index (χ0n) is 8.76. The van der Waals surface area contributed by atoms with E-state index < -0.39 is 0 Å². The highest BCUT2D eigenvalue weighted by Crippen LogP contribution is 2.17. The lowest BCUT2D eigenvalue weighted by Crippen LogP contribution is -2.33. The molecule has 2 heteroatoms. The highest BCUT2D eigenvalue weighted by molar-refractivity contribution is 4.76. The summed E-state index contributed by atoms with van der Waals surface area (Å²) < 4.78 is 5.74. The number of hydrogen-bond donors (Lipinski definition) is 0. The average Bonchev–Trinajstić information content (AvgIpc) is 2.29. The van der Waals surface area contributed by atoms with E-state index in [-0.39, 0.29) is 5.60 Å². The van der Waals surface area contributed by atoms with E-state index in [1.807, 2.05) is 0 Å². The monoisotopic (exact) mass is 171 g/mol. The maximum Gasteiger partial charge on any atom is 0.0628 e. The fourth-order valence-corrected chi connectivity index (χ4v) is 1.54. The van der Waals surface area contributed by atoms with Gasteiger partial charge in [-0.15, -0.1) is 0 Å². The Labute approximate surface area is 75.9 Å². The molecule has 1 rings (SSSR count). The molecule has 72 valence electrons. The molecule has 1 atom stereocenters. The third-order valence-electron chi connectivity index (χ3n) is 2.38. The topological polar surface area (TPSA) is 12.5 Å². The van der Waals surface area contributed by atoms with Crippen LogP contribution < -0.4 is 0 Å². The lowest BCUT2D eigenvalue weighted by molar-refractivity contribution is -0.0251. The molecule has 0 aliphatic carbocycles. The van der Waals surface area contributed by atoms with Crippen LogP contribution in [0.4, 0.5) is 0 Å². The van der Waals surface area contributed by atoms with Crippen LogP contribution in [-0.2, 0) is 4.74 Å². The minimum Gasteiger partial charge on any atom is -0.374 e. The summed E-state index contributed by atoms with van der Waals surface area (Å²) in [6, 6.07) is 0.657. The molecule has 0 spiro atoms. The molecule has 2 nitrogen and oxygen atoms in total. The fourth-order valence-electron chi connectivity index (χ4n) is 1.54. The molecule has 1 fully saturated rings. The van der Waals surface area contributed by atoms with Crippen molar-refractivity contribution in [2.24, 2.45) is 0 Å². The van der Waals surface area contributed by atoms with Gasteiger partial charge in [-0.1, -0.05) is 0 Å². The molecule has 1 aliphatic heterocycles. The molecule has 0 aromatic carbocycles. The maximum absolute atomic E-state index is 5.74. The third kappa shape index (κ3) is 3.11. The molecule has 0 aromatic heterocycles. The molecule has 0 bridgehead atoms. The van der Waals surface area contributed by atoms with E-state index in [1.54, 1.807) is 0 Å². The van der Waals surface area contributed by atoms with E-state index in [1.165, 1.54) is 19.4 Å². The SMILES string of the molecule is CN1CCCC1COC(C)(C)C. The first kappa shape index (κ1) is 10.0. The van der Waals surface area contributed by atoms with Gasteiger partial charge in [-0.25, -0.2) is 0 Å². The number of nitrogens with zero attached hydrogens (tertiary/aromatic N) is 1. The first-order valence-electron chi connectivity index (χ1n) is 4.83. The van der Waals surface area contributed by atoms with Crippen LogP contribution in [0.25, 0.3) is 0 Å². The largest absolute Gasteiger partial charge is 0.374 e. The first-order chi connectivity index (χ1) is 5.49. The second-order valence-electron chi connectivity index (χ2n) is 4.70. The van der Waals surface area contributed by atoms with Gasteiger partial charge in [0, 0.05) is 6.04 Å². The number of hydrogen-bond acceptors (Lipinski definition) is 2. The van der Waals surface area contributed by atoms with E-state index >= 15 is 0 Å². The lowest BCUT2D eigenvalue weighted by Gasteiger charge is -2.25. The minimum absolute atomic E-state index is 0.0173. The molecule has 1 saturated heterocycles. The van der Waals surface area contributed by atoms with Crippen molar-refractivity contribution in [3.05, 3.63) is 0 Å². The van der Waals surface area contributed by atoms with Gasteiger partial charge in [-0.05, 0) is 47.2 Å². The predicted octanol–water partition coefficient (Wildman–Crippen LogP) is 1.90. The van der Waals surface area contributed by atoms with Crippen molar-refractivity contribution in [2.75, 3.05) is 20.2 Å². The van der Waals surface area contributed by atoms with Crippen LogP contribution in [0.15, 0.2) is 0 Å². The summed E-state index contributed by atoms with van der Waals surface area (Å²) in [6.45, 7) is 8.46. The quantitative estimate of drug-likeness (QED) is 0.629. The highest BCUT2D eigenvalue weighted by atomic mass is 16.5. The predicted molar refractivity (Wildman–Crippen MR) is 51.4 cm³/mol. The molecule has 0 amide bonds. The first-order valence-corrected chi connectivity index (χ1v) is 4.83. The van der Waals surface area contributed by atoms with Crippen molar-refractivity contribution in [1.29, 1.82) is 0 Å². The van der Waals surface area contributed by atoms with E-state index in [0.29, 0.717) is 6.04 Å². The highest BCUT2D eigenvalue weighted by Gasteiger charge is 2.22. The number of likely N-dealkylation sites (N-methyl/N-ethyl adjacent to an activating group) is 1. The van der Waals surface area contributed by atoms with Gasteiger partial charge in [0.2, 0.25) is 0 Å². The average molecular weight is 171 g/mol. The summed E-state index contributed by atoms with van der Waals surface area (Å²) in [6.07, 6.45) is 2.63. The molecule has 0 radical (unpaired) electrons. The van der Waals surface area contributed by atoms with Crippen LogP contribution in [0, 0.1) is 0 Å². The Bertz CT molecular complexity index is 139. The summed E-state index contributed by atoms with van der Waals surface area (Å²) in [5.41, 5.74) is 0.0173. The molecule has 0 saturated carbocycles. The molecule has 0 N–H and O–H groups in total. The summed E-state index contributed by atoms with van der Waals surface area (Å²) in [7, 11) is 2.18. The number of rotatable bonds is 2. The standard InChI is InChI=1S/C10H21NO/c1-10(2,3)12-8-9-6-5-7-11(9)4/h9H,5-8H2,1-4H3. The van der Waals surface area contributed by atoms with Crippen LogP contribution in [0.1, 0.15) is 33.6 Å². The second-order valence-corrected chi connectivity index (χ2v) is 4.70. The molecular formula is C10H21NO. The van der Waals surface area contributed by atoms with Crippen molar-refractivity contribution in [2.45, 2.75) is 45.3 Å². The maximum atomic E-state index is 5.74.